The molecule has 0 amide bonds. The third-order valence-electron chi connectivity index (χ3n) is 5.20. The van der Waals surface area contributed by atoms with Gasteiger partial charge < -0.3 is 5.32 Å². The Morgan fingerprint density at radius 1 is 1.12 bits per heavy atom. The third-order valence-corrected chi connectivity index (χ3v) is 5.20. The Hall–Kier alpha value is -0.0400. The van der Waals surface area contributed by atoms with Gasteiger partial charge in [-0.05, 0) is 49.5 Å². The van der Waals surface area contributed by atoms with Crippen molar-refractivity contribution in [1.82, 2.24) is 5.32 Å². The molecule has 1 rings (SSSR count). The molecule has 0 heterocycles. The van der Waals surface area contributed by atoms with E-state index >= 15 is 0 Å². The van der Waals surface area contributed by atoms with E-state index in [9.17, 15) is 0 Å². The molecule has 1 fully saturated rings. The maximum Gasteiger partial charge on any atom is 0.00673 e. The lowest BCUT2D eigenvalue weighted by atomic mass is 9.69. The summed E-state index contributed by atoms with van der Waals surface area (Å²) in [7, 11) is 0. The highest BCUT2D eigenvalue weighted by Crippen LogP contribution is 2.40. The van der Waals surface area contributed by atoms with Gasteiger partial charge in [-0.15, -0.1) is 0 Å². The molecule has 1 saturated carbocycles. The maximum atomic E-state index is 3.76. The van der Waals surface area contributed by atoms with Crippen LogP contribution in [0.15, 0.2) is 0 Å². The van der Waals surface area contributed by atoms with E-state index < -0.39 is 0 Å². The summed E-state index contributed by atoms with van der Waals surface area (Å²) in [5.41, 5.74) is 0.557. The van der Waals surface area contributed by atoms with Crippen LogP contribution in [0.5, 0.6) is 0 Å². The normalized spacial score (nSPS) is 28.1. The van der Waals surface area contributed by atoms with Gasteiger partial charge in [0.25, 0.3) is 0 Å². The molecule has 17 heavy (non-hydrogen) atoms. The minimum Gasteiger partial charge on any atom is -0.314 e. The number of nitrogens with one attached hydrogen (secondary N) is 1. The first-order valence-electron chi connectivity index (χ1n) is 7.73. The topological polar surface area (TPSA) is 12.0 Å². The van der Waals surface area contributed by atoms with E-state index in [0.29, 0.717) is 5.41 Å². The zero-order valence-corrected chi connectivity index (χ0v) is 12.7. The van der Waals surface area contributed by atoms with Gasteiger partial charge in [0.05, 0.1) is 0 Å². The Labute approximate surface area is 109 Å². The molecule has 1 heteroatoms. The van der Waals surface area contributed by atoms with E-state index in [4.69, 9.17) is 0 Å². The van der Waals surface area contributed by atoms with Gasteiger partial charge in [-0.3, -0.25) is 0 Å². The summed E-state index contributed by atoms with van der Waals surface area (Å²) >= 11 is 0. The first-order chi connectivity index (χ1) is 7.99. The van der Waals surface area contributed by atoms with Gasteiger partial charge in [0.15, 0.2) is 0 Å². The molecule has 0 aromatic carbocycles. The first kappa shape index (κ1) is 15.0. The molecular formula is C16H33N. The molecule has 0 saturated heterocycles. The zero-order chi connectivity index (χ0) is 12.9. The standard InChI is InChI=1S/C16H33N/c1-6-13(3)12-17-15-10-8-14(9-11-15)16(4,5)7-2/h13-15,17H,6-12H2,1-5H3. The summed E-state index contributed by atoms with van der Waals surface area (Å²) in [6.45, 7) is 13.1. The van der Waals surface area contributed by atoms with Crippen LogP contribution in [0, 0.1) is 17.3 Å². The first-order valence-corrected chi connectivity index (χ1v) is 7.73. The van der Waals surface area contributed by atoms with Crippen LogP contribution in [-0.2, 0) is 0 Å². The van der Waals surface area contributed by atoms with Crippen LogP contribution in [0.25, 0.3) is 0 Å². The molecule has 1 aliphatic carbocycles. The summed E-state index contributed by atoms with van der Waals surface area (Å²) in [5, 5.41) is 3.76. The van der Waals surface area contributed by atoms with Gasteiger partial charge in [0.1, 0.15) is 0 Å². The van der Waals surface area contributed by atoms with Crippen LogP contribution in [0.2, 0.25) is 0 Å². The van der Waals surface area contributed by atoms with Crippen molar-refractivity contribution in [2.75, 3.05) is 6.54 Å². The van der Waals surface area contributed by atoms with Crippen LogP contribution in [-0.4, -0.2) is 12.6 Å². The second-order valence-electron chi connectivity index (χ2n) is 6.81. The second-order valence-corrected chi connectivity index (χ2v) is 6.81. The van der Waals surface area contributed by atoms with Crippen molar-refractivity contribution in [3.8, 4) is 0 Å². The van der Waals surface area contributed by atoms with Gasteiger partial charge in [-0.1, -0.05) is 47.5 Å². The molecular weight excluding hydrogens is 206 g/mol. The molecule has 1 N–H and O–H groups in total. The van der Waals surface area contributed by atoms with Crippen molar-refractivity contribution >= 4 is 0 Å². The average Bonchev–Trinajstić information content (AvgIpc) is 2.36. The van der Waals surface area contributed by atoms with Gasteiger partial charge in [-0.25, -0.2) is 0 Å². The maximum absolute atomic E-state index is 3.76. The van der Waals surface area contributed by atoms with Gasteiger partial charge in [0, 0.05) is 6.04 Å². The highest BCUT2D eigenvalue weighted by Gasteiger charge is 2.31. The lowest BCUT2D eigenvalue weighted by molar-refractivity contribution is 0.136. The number of rotatable bonds is 6. The molecule has 1 unspecified atom stereocenters. The van der Waals surface area contributed by atoms with E-state index in [1.165, 1.54) is 45.1 Å². The fourth-order valence-corrected chi connectivity index (χ4v) is 2.88. The Bertz CT molecular complexity index is 202. The van der Waals surface area contributed by atoms with Crippen LogP contribution in [0.1, 0.15) is 73.1 Å². The number of hydrogen-bond acceptors (Lipinski definition) is 1. The Balaban J connectivity index is 2.26. The third kappa shape index (κ3) is 4.62. The molecule has 0 aliphatic heterocycles. The van der Waals surface area contributed by atoms with E-state index in [0.717, 1.165) is 17.9 Å². The summed E-state index contributed by atoms with van der Waals surface area (Å²) in [5.74, 6) is 1.79. The van der Waals surface area contributed by atoms with Crippen molar-refractivity contribution in [3.63, 3.8) is 0 Å². The fourth-order valence-electron chi connectivity index (χ4n) is 2.88. The molecule has 0 aromatic heterocycles. The average molecular weight is 239 g/mol. The highest BCUT2D eigenvalue weighted by atomic mass is 14.9. The molecule has 0 radical (unpaired) electrons. The molecule has 0 spiro atoms. The lowest BCUT2D eigenvalue weighted by Crippen LogP contribution is -2.38. The summed E-state index contributed by atoms with van der Waals surface area (Å²) < 4.78 is 0. The summed E-state index contributed by atoms with van der Waals surface area (Å²) in [6, 6.07) is 0.799. The largest absolute Gasteiger partial charge is 0.314 e. The Kier molecular flexibility index (Phi) is 5.99. The predicted molar refractivity (Wildman–Crippen MR) is 77.3 cm³/mol. The van der Waals surface area contributed by atoms with Crippen molar-refractivity contribution in [3.05, 3.63) is 0 Å². The van der Waals surface area contributed by atoms with Crippen LogP contribution >= 0.6 is 0 Å². The smallest absolute Gasteiger partial charge is 0.00673 e. The van der Waals surface area contributed by atoms with Crippen molar-refractivity contribution in [1.29, 1.82) is 0 Å². The fraction of sp³-hybridized carbons (Fsp3) is 1.00. The van der Waals surface area contributed by atoms with E-state index in [1.54, 1.807) is 0 Å². The molecule has 0 aromatic rings. The van der Waals surface area contributed by atoms with E-state index in [2.05, 4.69) is 39.9 Å². The molecule has 1 nitrogen and oxygen atoms in total. The van der Waals surface area contributed by atoms with E-state index in [1.807, 2.05) is 0 Å². The monoisotopic (exact) mass is 239 g/mol. The second kappa shape index (κ2) is 6.78. The van der Waals surface area contributed by atoms with Gasteiger partial charge in [0.2, 0.25) is 0 Å². The molecule has 1 atom stereocenters. The SMILES string of the molecule is CCC(C)CNC1CCC(C(C)(C)CC)CC1. The van der Waals surface area contributed by atoms with Crippen LogP contribution in [0.3, 0.4) is 0 Å². The zero-order valence-electron chi connectivity index (χ0n) is 12.7. The highest BCUT2D eigenvalue weighted by molar-refractivity contribution is 4.85. The minimum atomic E-state index is 0.557. The minimum absolute atomic E-state index is 0.557. The van der Waals surface area contributed by atoms with Crippen molar-refractivity contribution in [2.24, 2.45) is 17.3 Å². The molecule has 1 aliphatic rings. The Morgan fingerprint density at radius 2 is 1.71 bits per heavy atom. The van der Waals surface area contributed by atoms with Crippen LogP contribution < -0.4 is 5.32 Å². The quantitative estimate of drug-likeness (QED) is 0.713. The van der Waals surface area contributed by atoms with E-state index in [-0.39, 0.29) is 0 Å². The lowest BCUT2D eigenvalue weighted by Gasteiger charge is -2.39. The van der Waals surface area contributed by atoms with Crippen molar-refractivity contribution in [2.45, 2.75) is 79.2 Å². The van der Waals surface area contributed by atoms with Gasteiger partial charge >= 0.3 is 0 Å². The Morgan fingerprint density at radius 3 is 2.18 bits per heavy atom. The van der Waals surface area contributed by atoms with Gasteiger partial charge in [-0.2, -0.15) is 0 Å². The van der Waals surface area contributed by atoms with Crippen molar-refractivity contribution < 1.29 is 0 Å². The molecule has 0 bridgehead atoms. The molecule has 102 valence electrons. The summed E-state index contributed by atoms with van der Waals surface area (Å²) in [6.07, 6.45) is 8.26. The number of hydrogen-bond donors (Lipinski definition) is 1. The van der Waals surface area contributed by atoms with Crippen LogP contribution in [0.4, 0.5) is 0 Å². The predicted octanol–water partition coefficient (Wildman–Crippen LogP) is 4.62. The summed E-state index contributed by atoms with van der Waals surface area (Å²) in [4.78, 5) is 0.